The van der Waals surface area contributed by atoms with Gasteiger partial charge in [-0.05, 0) is 38.3 Å². The number of piperidine rings is 3. The van der Waals surface area contributed by atoms with E-state index >= 15 is 0 Å². The molecule has 0 radical (unpaired) electrons. The summed E-state index contributed by atoms with van der Waals surface area (Å²) in [6.07, 6.45) is 6.20. The van der Waals surface area contributed by atoms with Crippen LogP contribution in [0.2, 0.25) is 0 Å². The molecule has 4 heterocycles. The van der Waals surface area contributed by atoms with Crippen LogP contribution in [0.5, 0.6) is 11.8 Å². The van der Waals surface area contributed by atoms with Crippen LogP contribution in [-0.4, -0.2) is 46.0 Å². The van der Waals surface area contributed by atoms with Gasteiger partial charge >= 0.3 is 0 Å². The summed E-state index contributed by atoms with van der Waals surface area (Å²) in [6.45, 7) is 6.36. The molecule has 20 heavy (non-hydrogen) atoms. The van der Waals surface area contributed by atoms with Crippen molar-refractivity contribution in [2.45, 2.75) is 45.1 Å². The molecule has 3 aliphatic heterocycles. The third-order valence-corrected chi connectivity index (χ3v) is 4.77. The first kappa shape index (κ1) is 14.1. The number of ether oxygens (including phenoxy) is 2. The molecule has 1 aromatic heterocycles. The highest BCUT2D eigenvalue weighted by Crippen LogP contribution is 2.33. The number of nitrogens with zero attached hydrogens (tertiary/aromatic N) is 3. The molecule has 0 aromatic carbocycles. The Balaban J connectivity index is 1.54. The maximum atomic E-state index is 6.09. The van der Waals surface area contributed by atoms with E-state index in [0.29, 0.717) is 24.3 Å². The van der Waals surface area contributed by atoms with Crippen molar-refractivity contribution in [1.82, 2.24) is 13.6 Å². The quantitative estimate of drug-likeness (QED) is 0.724. The van der Waals surface area contributed by atoms with Crippen LogP contribution < -0.4 is 9.47 Å². The van der Waals surface area contributed by atoms with E-state index in [2.05, 4.69) is 20.6 Å². The highest BCUT2D eigenvalue weighted by Gasteiger charge is 2.36. The van der Waals surface area contributed by atoms with Crippen molar-refractivity contribution < 1.29 is 9.47 Å². The van der Waals surface area contributed by atoms with Gasteiger partial charge in [0.1, 0.15) is 6.10 Å². The number of fused-ring (bicyclic) bond motifs is 3. The first-order valence-electron chi connectivity index (χ1n) is 7.71. The predicted molar refractivity (Wildman–Crippen MR) is 78.5 cm³/mol. The SMILES string of the molecule is CCCCCOc1nsnc1O[C@H]1CN2CCC1CC2. The van der Waals surface area contributed by atoms with E-state index in [-0.39, 0.29) is 6.10 Å². The zero-order valence-corrected chi connectivity index (χ0v) is 12.9. The Labute approximate surface area is 124 Å². The fourth-order valence-electron chi connectivity index (χ4n) is 3.04. The Bertz CT molecular complexity index is 418. The van der Waals surface area contributed by atoms with E-state index in [0.717, 1.165) is 13.0 Å². The van der Waals surface area contributed by atoms with Crippen LogP contribution in [0.4, 0.5) is 0 Å². The predicted octanol–water partition coefficient (Wildman–Crippen LogP) is 2.58. The highest BCUT2D eigenvalue weighted by atomic mass is 32.1. The second kappa shape index (κ2) is 6.72. The van der Waals surface area contributed by atoms with Crippen LogP contribution in [0, 0.1) is 5.92 Å². The number of hydrogen-bond acceptors (Lipinski definition) is 6. The molecule has 112 valence electrons. The first-order valence-corrected chi connectivity index (χ1v) is 8.44. The largest absolute Gasteiger partial charge is 0.473 e. The van der Waals surface area contributed by atoms with E-state index in [9.17, 15) is 0 Å². The maximum Gasteiger partial charge on any atom is 0.291 e. The van der Waals surface area contributed by atoms with E-state index < -0.39 is 0 Å². The number of unbranched alkanes of at least 4 members (excludes halogenated alkanes) is 2. The minimum absolute atomic E-state index is 0.263. The summed E-state index contributed by atoms with van der Waals surface area (Å²) in [4.78, 5) is 2.48. The monoisotopic (exact) mass is 297 g/mol. The van der Waals surface area contributed by atoms with Crippen LogP contribution in [0.1, 0.15) is 39.0 Å². The minimum atomic E-state index is 0.263. The summed E-state index contributed by atoms with van der Waals surface area (Å²) in [6, 6.07) is 0. The molecule has 0 aliphatic carbocycles. The Morgan fingerprint density at radius 2 is 2.00 bits per heavy atom. The average Bonchev–Trinajstić information content (AvgIpc) is 2.92. The van der Waals surface area contributed by atoms with Crippen molar-refractivity contribution >= 4 is 11.7 Å². The molecule has 4 rings (SSSR count). The average molecular weight is 297 g/mol. The second-order valence-electron chi connectivity index (χ2n) is 5.72. The third kappa shape index (κ3) is 3.23. The molecular formula is C14H23N3O2S. The van der Waals surface area contributed by atoms with E-state index in [1.165, 1.54) is 50.5 Å². The van der Waals surface area contributed by atoms with Crippen molar-refractivity contribution in [1.29, 1.82) is 0 Å². The molecule has 6 heteroatoms. The number of hydrogen-bond donors (Lipinski definition) is 0. The maximum absolute atomic E-state index is 6.09. The molecular weight excluding hydrogens is 274 g/mol. The Morgan fingerprint density at radius 1 is 1.20 bits per heavy atom. The summed E-state index contributed by atoms with van der Waals surface area (Å²) < 4.78 is 20.3. The van der Waals surface area contributed by atoms with Crippen LogP contribution in [0.3, 0.4) is 0 Å². The van der Waals surface area contributed by atoms with Crippen LogP contribution in [-0.2, 0) is 0 Å². The van der Waals surface area contributed by atoms with Gasteiger partial charge in [0.25, 0.3) is 11.8 Å². The fourth-order valence-corrected chi connectivity index (χ4v) is 3.48. The number of rotatable bonds is 7. The van der Waals surface area contributed by atoms with Crippen molar-refractivity contribution in [3.8, 4) is 11.8 Å². The molecule has 0 saturated carbocycles. The third-order valence-electron chi connectivity index (χ3n) is 4.28. The van der Waals surface area contributed by atoms with Crippen LogP contribution in [0.25, 0.3) is 0 Å². The molecule has 0 N–H and O–H groups in total. The fraction of sp³-hybridized carbons (Fsp3) is 0.857. The molecule has 0 spiro atoms. The lowest BCUT2D eigenvalue weighted by molar-refractivity contribution is -0.0110. The topological polar surface area (TPSA) is 47.5 Å². The first-order chi connectivity index (χ1) is 9.86. The van der Waals surface area contributed by atoms with Gasteiger partial charge < -0.3 is 9.47 Å². The minimum Gasteiger partial charge on any atom is -0.473 e. The molecule has 0 amide bonds. The summed E-state index contributed by atoms with van der Waals surface area (Å²) >= 11 is 1.18. The van der Waals surface area contributed by atoms with Crippen molar-refractivity contribution in [2.75, 3.05) is 26.2 Å². The van der Waals surface area contributed by atoms with E-state index in [1.807, 2.05) is 0 Å². The van der Waals surface area contributed by atoms with E-state index in [1.54, 1.807) is 0 Å². The zero-order chi connectivity index (χ0) is 13.8. The zero-order valence-electron chi connectivity index (χ0n) is 12.1. The van der Waals surface area contributed by atoms with Gasteiger partial charge in [-0.2, -0.15) is 0 Å². The molecule has 1 atom stereocenters. The van der Waals surface area contributed by atoms with Crippen molar-refractivity contribution in [3.63, 3.8) is 0 Å². The summed E-state index contributed by atoms with van der Waals surface area (Å²) in [5.41, 5.74) is 0. The van der Waals surface area contributed by atoms with Gasteiger partial charge in [0.2, 0.25) is 0 Å². The Kier molecular flexibility index (Phi) is 4.73. The lowest BCUT2D eigenvalue weighted by Crippen LogP contribution is -2.52. The van der Waals surface area contributed by atoms with Gasteiger partial charge in [-0.25, -0.2) is 0 Å². The lowest BCUT2D eigenvalue weighted by Gasteiger charge is -2.43. The molecule has 1 aromatic rings. The highest BCUT2D eigenvalue weighted by molar-refractivity contribution is 6.99. The lowest BCUT2D eigenvalue weighted by atomic mass is 9.86. The Hall–Kier alpha value is -0.880. The van der Waals surface area contributed by atoms with Gasteiger partial charge in [-0.15, -0.1) is 8.75 Å². The van der Waals surface area contributed by atoms with Gasteiger partial charge in [-0.3, -0.25) is 4.90 Å². The van der Waals surface area contributed by atoms with Crippen LogP contribution in [0.15, 0.2) is 0 Å². The summed E-state index contributed by atoms with van der Waals surface area (Å²) in [5, 5.41) is 0. The van der Waals surface area contributed by atoms with Gasteiger partial charge in [0.15, 0.2) is 0 Å². The normalized spacial score (nSPS) is 28.6. The van der Waals surface area contributed by atoms with Gasteiger partial charge in [0, 0.05) is 6.54 Å². The van der Waals surface area contributed by atoms with Crippen molar-refractivity contribution in [2.24, 2.45) is 5.92 Å². The smallest absolute Gasteiger partial charge is 0.291 e. The molecule has 0 unspecified atom stereocenters. The van der Waals surface area contributed by atoms with Gasteiger partial charge in [-0.1, -0.05) is 19.8 Å². The number of aromatic nitrogens is 2. The molecule has 5 nitrogen and oxygen atoms in total. The molecule has 3 fully saturated rings. The van der Waals surface area contributed by atoms with E-state index in [4.69, 9.17) is 9.47 Å². The molecule has 2 bridgehead atoms. The summed E-state index contributed by atoms with van der Waals surface area (Å²) in [7, 11) is 0. The summed E-state index contributed by atoms with van der Waals surface area (Å²) in [5.74, 6) is 1.86. The second-order valence-corrected chi connectivity index (χ2v) is 6.25. The Morgan fingerprint density at radius 3 is 2.70 bits per heavy atom. The van der Waals surface area contributed by atoms with Crippen molar-refractivity contribution in [3.05, 3.63) is 0 Å². The van der Waals surface area contributed by atoms with Gasteiger partial charge in [0.05, 0.1) is 18.3 Å². The van der Waals surface area contributed by atoms with Crippen LogP contribution >= 0.6 is 11.7 Å². The molecule has 3 saturated heterocycles. The standard InChI is InChI=1S/C14H23N3O2S/c1-2-3-4-9-18-13-14(16-20-15-13)19-12-10-17-7-5-11(12)6-8-17/h11-12H,2-10H2,1H3/t12-/m0/s1. The molecule has 3 aliphatic rings.